The Bertz CT molecular complexity index is 610. The number of aromatic nitrogens is 2. The summed E-state index contributed by atoms with van der Waals surface area (Å²) in [4.78, 5) is 7.43. The van der Waals surface area contributed by atoms with Crippen LogP contribution in [0.2, 0.25) is 0 Å². The summed E-state index contributed by atoms with van der Waals surface area (Å²) < 4.78 is 1.88. The van der Waals surface area contributed by atoms with E-state index in [0.29, 0.717) is 6.04 Å². The van der Waals surface area contributed by atoms with Gasteiger partial charge in [-0.1, -0.05) is 0 Å². The summed E-state index contributed by atoms with van der Waals surface area (Å²) in [5, 5.41) is 11.5. The third kappa shape index (κ3) is 5.74. The Kier molecular flexibility index (Phi) is 7.28. The number of aryl methyl sites for hydroxylation is 1. The van der Waals surface area contributed by atoms with Gasteiger partial charge in [0.05, 0.1) is 11.9 Å². The number of halogens is 1. The standard InChI is InChI=1S/C20H34N6.HI/c1-3-21-20(22-12-19(15-6-7-15)16-8-9-16)24-17-5-4-10-26(13-17)18-11-23-25(2)14-18;/h11,14-17,19H,3-10,12-13H2,1-2H3,(H2,21,22,24);1H. The van der Waals surface area contributed by atoms with Gasteiger partial charge >= 0.3 is 0 Å². The largest absolute Gasteiger partial charge is 0.367 e. The fourth-order valence-electron chi connectivity index (χ4n) is 4.34. The molecule has 0 spiro atoms. The van der Waals surface area contributed by atoms with E-state index < -0.39 is 0 Å². The van der Waals surface area contributed by atoms with Gasteiger partial charge in [-0.15, -0.1) is 24.0 Å². The van der Waals surface area contributed by atoms with Gasteiger partial charge in [0.2, 0.25) is 0 Å². The maximum Gasteiger partial charge on any atom is 0.191 e. The minimum Gasteiger partial charge on any atom is -0.367 e. The molecule has 2 heterocycles. The Morgan fingerprint density at radius 2 is 2.00 bits per heavy atom. The molecule has 0 aromatic carbocycles. The van der Waals surface area contributed by atoms with Crippen LogP contribution in [0.5, 0.6) is 0 Å². The molecule has 4 rings (SSSR count). The van der Waals surface area contributed by atoms with Gasteiger partial charge in [-0.3, -0.25) is 9.67 Å². The molecule has 2 N–H and O–H groups in total. The predicted octanol–water partition coefficient (Wildman–Crippen LogP) is 3.00. The molecule has 1 saturated heterocycles. The van der Waals surface area contributed by atoms with Crippen LogP contribution in [0, 0.1) is 17.8 Å². The van der Waals surface area contributed by atoms with Crippen LogP contribution < -0.4 is 15.5 Å². The van der Waals surface area contributed by atoms with Crippen molar-refractivity contribution < 1.29 is 0 Å². The first-order valence-corrected chi connectivity index (χ1v) is 10.5. The van der Waals surface area contributed by atoms with Crippen LogP contribution >= 0.6 is 24.0 Å². The van der Waals surface area contributed by atoms with Crippen LogP contribution in [0.25, 0.3) is 0 Å². The molecule has 7 heteroatoms. The topological polar surface area (TPSA) is 57.5 Å². The molecular formula is C20H35IN6. The molecule has 3 fully saturated rings. The van der Waals surface area contributed by atoms with E-state index in [1.165, 1.54) is 44.2 Å². The van der Waals surface area contributed by atoms with Gasteiger partial charge in [-0.25, -0.2) is 0 Å². The average Bonchev–Trinajstić information content (AvgIpc) is 3.56. The van der Waals surface area contributed by atoms with Gasteiger partial charge in [-0.2, -0.15) is 5.10 Å². The van der Waals surface area contributed by atoms with Crippen LogP contribution in [0.3, 0.4) is 0 Å². The minimum absolute atomic E-state index is 0. The number of hydrogen-bond acceptors (Lipinski definition) is 3. The summed E-state index contributed by atoms with van der Waals surface area (Å²) in [5.41, 5.74) is 1.23. The van der Waals surface area contributed by atoms with Crippen molar-refractivity contribution in [2.24, 2.45) is 29.8 Å². The lowest BCUT2D eigenvalue weighted by Gasteiger charge is -2.34. The highest BCUT2D eigenvalue weighted by atomic mass is 127. The lowest BCUT2D eigenvalue weighted by Crippen LogP contribution is -2.51. The zero-order valence-electron chi connectivity index (χ0n) is 16.7. The van der Waals surface area contributed by atoms with Crippen molar-refractivity contribution in [2.45, 2.75) is 51.5 Å². The second kappa shape index (κ2) is 9.47. The monoisotopic (exact) mass is 486 g/mol. The van der Waals surface area contributed by atoms with E-state index in [2.05, 4.69) is 33.8 Å². The normalized spacial score (nSPS) is 23.3. The van der Waals surface area contributed by atoms with E-state index in [1.54, 1.807) is 0 Å². The Hall–Kier alpha value is -0.990. The van der Waals surface area contributed by atoms with Crippen molar-refractivity contribution in [3.8, 4) is 0 Å². The molecule has 1 aromatic rings. The van der Waals surface area contributed by atoms with Crippen LogP contribution in [-0.2, 0) is 7.05 Å². The average molecular weight is 486 g/mol. The lowest BCUT2D eigenvalue weighted by atomic mass is 9.98. The number of anilines is 1. The van der Waals surface area contributed by atoms with Crippen molar-refractivity contribution in [1.29, 1.82) is 0 Å². The van der Waals surface area contributed by atoms with Crippen LogP contribution in [0.15, 0.2) is 17.4 Å². The molecule has 6 nitrogen and oxygen atoms in total. The van der Waals surface area contributed by atoms with Crippen molar-refractivity contribution in [3.63, 3.8) is 0 Å². The summed E-state index contributed by atoms with van der Waals surface area (Å²) in [6.07, 6.45) is 12.2. The first kappa shape index (κ1) is 20.7. The van der Waals surface area contributed by atoms with E-state index in [-0.39, 0.29) is 24.0 Å². The number of piperidine rings is 1. The number of nitrogens with one attached hydrogen (secondary N) is 2. The highest BCUT2D eigenvalue weighted by Crippen LogP contribution is 2.49. The molecule has 1 aromatic heterocycles. The molecular weight excluding hydrogens is 451 g/mol. The summed E-state index contributed by atoms with van der Waals surface area (Å²) >= 11 is 0. The minimum atomic E-state index is 0. The lowest BCUT2D eigenvalue weighted by molar-refractivity contribution is 0.415. The van der Waals surface area contributed by atoms with E-state index >= 15 is 0 Å². The molecule has 1 atom stereocenters. The van der Waals surface area contributed by atoms with Gasteiger partial charge < -0.3 is 15.5 Å². The van der Waals surface area contributed by atoms with Crippen LogP contribution in [0.1, 0.15) is 45.4 Å². The SMILES string of the molecule is CCNC(=NCC(C1CC1)C1CC1)NC1CCCN(c2cnn(C)c2)C1.I. The van der Waals surface area contributed by atoms with Crippen molar-refractivity contribution in [2.75, 3.05) is 31.1 Å². The van der Waals surface area contributed by atoms with Crippen molar-refractivity contribution in [3.05, 3.63) is 12.4 Å². The third-order valence-corrected chi connectivity index (χ3v) is 6.08. The molecule has 2 aliphatic carbocycles. The Labute approximate surface area is 180 Å². The number of hydrogen-bond donors (Lipinski definition) is 2. The number of rotatable bonds is 7. The quantitative estimate of drug-likeness (QED) is 0.354. The second-order valence-electron chi connectivity index (χ2n) is 8.36. The first-order chi connectivity index (χ1) is 12.7. The smallest absolute Gasteiger partial charge is 0.191 e. The van der Waals surface area contributed by atoms with E-state index in [9.17, 15) is 0 Å². The summed E-state index contributed by atoms with van der Waals surface area (Å²) in [6.45, 7) is 6.21. The van der Waals surface area contributed by atoms with E-state index in [1.807, 2.05) is 17.9 Å². The molecule has 2 saturated carbocycles. The zero-order valence-corrected chi connectivity index (χ0v) is 19.1. The van der Waals surface area contributed by atoms with Gasteiger partial charge in [-0.05, 0) is 63.2 Å². The van der Waals surface area contributed by atoms with Gasteiger partial charge in [0.15, 0.2) is 5.96 Å². The Balaban J connectivity index is 0.00000210. The summed E-state index contributed by atoms with van der Waals surface area (Å²) in [5.74, 6) is 3.77. The maximum absolute atomic E-state index is 4.99. The molecule has 1 unspecified atom stereocenters. The Morgan fingerprint density at radius 1 is 1.26 bits per heavy atom. The maximum atomic E-state index is 4.99. The highest BCUT2D eigenvalue weighted by Gasteiger charge is 2.41. The second-order valence-corrected chi connectivity index (χ2v) is 8.36. The summed E-state index contributed by atoms with van der Waals surface area (Å²) in [7, 11) is 1.98. The van der Waals surface area contributed by atoms with E-state index in [0.717, 1.165) is 49.9 Å². The molecule has 0 radical (unpaired) electrons. The van der Waals surface area contributed by atoms with Crippen LogP contribution in [0.4, 0.5) is 5.69 Å². The van der Waals surface area contributed by atoms with Gasteiger partial charge in [0.25, 0.3) is 0 Å². The molecule has 0 bridgehead atoms. The third-order valence-electron chi connectivity index (χ3n) is 6.08. The number of nitrogens with zero attached hydrogens (tertiary/aromatic N) is 4. The molecule has 3 aliphatic rings. The predicted molar refractivity (Wildman–Crippen MR) is 122 cm³/mol. The Morgan fingerprint density at radius 3 is 2.59 bits per heavy atom. The fourth-order valence-corrected chi connectivity index (χ4v) is 4.34. The summed E-state index contributed by atoms with van der Waals surface area (Å²) in [6, 6.07) is 0.446. The van der Waals surface area contributed by atoms with Crippen molar-refractivity contribution in [1.82, 2.24) is 20.4 Å². The molecule has 0 amide bonds. The van der Waals surface area contributed by atoms with Crippen LogP contribution in [-0.4, -0.2) is 48.0 Å². The molecule has 152 valence electrons. The molecule has 27 heavy (non-hydrogen) atoms. The van der Waals surface area contributed by atoms with Crippen molar-refractivity contribution >= 4 is 35.6 Å². The number of guanidine groups is 1. The number of aliphatic imine (C=N–C) groups is 1. The first-order valence-electron chi connectivity index (χ1n) is 10.5. The van der Waals surface area contributed by atoms with Gasteiger partial charge in [0.1, 0.15) is 0 Å². The van der Waals surface area contributed by atoms with E-state index in [4.69, 9.17) is 4.99 Å². The highest BCUT2D eigenvalue weighted by molar-refractivity contribution is 14.0. The van der Waals surface area contributed by atoms with Gasteiger partial charge in [0, 0.05) is 45.5 Å². The molecule has 1 aliphatic heterocycles. The zero-order chi connectivity index (χ0) is 17.9. The fraction of sp³-hybridized carbons (Fsp3) is 0.800.